The lowest BCUT2D eigenvalue weighted by Crippen LogP contribution is -2.35. The molecule has 0 unspecified atom stereocenters. The summed E-state index contributed by atoms with van der Waals surface area (Å²) in [5, 5.41) is 1.15. The molecule has 0 atom stereocenters. The summed E-state index contributed by atoms with van der Waals surface area (Å²) in [5.41, 5.74) is 3.22. The standard InChI is InChI=1S/C19H20N4OS/c1-12-4-6-13(7-5-12)19(24)23-9-8-14-15(10-23)25-18-16(14)17(22(2)3)20-11-21-18/h4-7,11H,8-10H2,1-3H3. The van der Waals surface area contributed by atoms with Crippen molar-refractivity contribution in [1.29, 1.82) is 0 Å². The molecule has 0 radical (unpaired) electrons. The topological polar surface area (TPSA) is 49.3 Å². The first-order chi connectivity index (χ1) is 12.0. The number of fused-ring (bicyclic) bond motifs is 3. The van der Waals surface area contributed by atoms with Gasteiger partial charge in [0.25, 0.3) is 5.91 Å². The van der Waals surface area contributed by atoms with Crippen LogP contribution in [-0.2, 0) is 13.0 Å². The number of benzene rings is 1. The van der Waals surface area contributed by atoms with Gasteiger partial charge in [0.2, 0.25) is 0 Å². The van der Waals surface area contributed by atoms with Crippen molar-refractivity contribution < 1.29 is 4.79 Å². The highest BCUT2D eigenvalue weighted by atomic mass is 32.1. The van der Waals surface area contributed by atoms with Gasteiger partial charge in [0, 0.05) is 31.1 Å². The molecule has 1 aromatic carbocycles. The Morgan fingerprint density at radius 2 is 1.96 bits per heavy atom. The number of rotatable bonds is 2. The van der Waals surface area contributed by atoms with Gasteiger partial charge in [0.15, 0.2) is 0 Å². The summed E-state index contributed by atoms with van der Waals surface area (Å²) in [5.74, 6) is 1.06. The minimum atomic E-state index is 0.0991. The zero-order valence-electron chi connectivity index (χ0n) is 14.6. The van der Waals surface area contributed by atoms with Crippen molar-refractivity contribution in [1.82, 2.24) is 14.9 Å². The molecular weight excluding hydrogens is 332 g/mol. The fraction of sp³-hybridized carbons (Fsp3) is 0.316. The summed E-state index contributed by atoms with van der Waals surface area (Å²) >= 11 is 1.68. The molecule has 0 saturated heterocycles. The molecule has 1 amide bonds. The molecule has 25 heavy (non-hydrogen) atoms. The van der Waals surface area contributed by atoms with Crippen molar-refractivity contribution in [3.63, 3.8) is 0 Å². The molecule has 3 heterocycles. The number of aromatic nitrogens is 2. The second-order valence-corrected chi connectivity index (χ2v) is 7.70. The molecule has 3 aromatic rings. The van der Waals surface area contributed by atoms with Crippen molar-refractivity contribution in [2.45, 2.75) is 19.9 Å². The summed E-state index contributed by atoms with van der Waals surface area (Å²) in [6.07, 6.45) is 2.47. The summed E-state index contributed by atoms with van der Waals surface area (Å²) < 4.78 is 0. The molecule has 0 bridgehead atoms. The van der Waals surface area contributed by atoms with Crippen LogP contribution in [0.25, 0.3) is 10.2 Å². The first kappa shape index (κ1) is 16.0. The van der Waals surface area contributed by atoms with Crippen LogP contribution in [0.4, 0.5) is 5.82 Å². The van der Waals surface area contributed by atoms with Gasteiger partial charge in [0.1, 0.15) is 17.0 Å². The van der Waals surface area contributed by atoms with Crippen LogP contribution in [0, 0.1) is 6.92 Å². The van der Waals surface area contributed by atoms with Crippen LogP contribution in [0.15, 0.2) is 30.6 Å². The highest BCUT2D eigenvalue weighted by Crippen LogP contribution is 2.38. The van der Waals surface area contributed by atoms with Crippen molar-refractivity contribution in [3.05, 3.63) is 52.2 Å². The summed E-state index contributed by atoms with van der Waals surface area (Å²) in [6.45, 7) is 3.41. The molecule has 2 aromatic heterocycles. The Balaban J connectivity index is 1.68. The van der Waals surface area contributed by atoms with Crippen LogP contribution in [0.5, 0.6) is 0 Å². The largest absolute Gasteiger partial charge is 0.362 e. The molecule has 6 heteroatoms. The highest BCUT2D eigenvalue weighted by molar-refractivity contribution is 7.19. The van der Waals surface area contributed by atoms with Crippen LogP contribution in [0.2, 0.25) is 0 Å². The maximum Gasteiger partial charge on any atom is 0.254 e. The van der Waals surface area contributed by atoms with E-state index < -0.39 is 0 Å². The van der Waals surface area contributed by atoms with Crippen LogP contribution in [-0.4, -0.2) is 41.4 Å². The quantitative estimate of drug-likeness (QED) is 0.710. The predicted molar refractivity (Wildman–Crippen MR) is 101 cm³/mol. The van der Waals surface area contributed by atoms with E-state index in [4.69, 9.17) is 0 Å². The van der Waals surface area contributed by atoms with Gasteiger partial charge in [-0.3, -0.25) is 4.79 Å². The van der Waals surface area contributed by atoms with Crippen LogP contribution < -0.4 is 4.90 Å². The number of nitrogens with zero attached hydrogens (tertiary/aromatic N) is 4. The maximum atomic E-state index is 12.8. The second kappa shape index (κ2) is 6.11. The lowest BCUT2D eigenvalue weighted by molar-refractivity contribution is 0.0737. The Labute approximate surface area is 150 Å². The number of carbonyl (C=O) groups is 1. The van der Waals surface area contributed by atoms with E-state index in [9.17, 15) is 4.79 Å². The van der Waals surface area contributed by atoms with E-state index >= 15 is 0 Å². The summed E-state index contributed by atoms with van der Waals surface area (Å²) in [6, 6.07) is 7.80. The first-order valence-corrected chi connectivity index (χ1v) is 9.15. The Hall–Kier alpha value is -2.47. The number of thiophene rings is 1. The van der Waals surface area contributed by atoms with Crippen LogP contribution >= 0.6 is 11.3 Å². The third-order valence-electron chi connectivity index (χ3n) is 4.63. The first-order valence-electron chi connectivity index (χ1n) is 8.33. The number of amides is 1. The van der Waals surface area contributed by atoms with Crippen LogP contribution in [0.1, 0.15) is 26.4 Å². The number of hydrogen-bond acceptors (Lipinski definition) is 5. The van der Waals surface area contributed by atoms with Gasteiger partial charge in [-0.25, -0.2) is 9.97 Å². The Morgan fingerprint density at radius 3 is 2.68 bits per heavy atom. The molecule has 0 N–H and O–H groups in total. The zero-order valence-corrected chi connectivity index (χ0v) is 15.4. The van der Waals surface area contributed by atoms with E-state index in [0.717, 1.165) is 40.1 Å². The van der Waals surface area contributed by atoms with Gasteiger partial charge >= 0.3 is 0 Å². The third-order valence-corrected chi connectivity index (χ3v) is 5.75. The SMILES string of the molecule is Cc1ccc(C(=O)N2CCc3c(sc4ncnc(N(C)C)c34)C2)cc1. The normalized spacial score (nSPS) is 13.8. The number of hydrogen-bond donors (Lipinski definition) is 0. The van der Waals surface area contributed by atoms with Crippen molar-refractivity contribution >= 4 is 33.3 Å². The molecule has 0 fully saturated rings. The Morgan fingerprint density at radius 1 is 1.20 bits per heavy atom. The van der Waals surface area contributed by atoms with E-state index in [0.29, 0.717) is 6.54 Å². The van der Waals surface area contributed by atoms with E-state index in [1.165, 1.54) is 10.4 Å². The molecule has 0 saturated carbocycles. The Bertz CT molecular complexity index is 946. The number of carbonyl (C=O) groups excluding carboxylic acids is 1. The summed E-state index contributed by atoms with van der Waals surface area (Å²) in [4.78, 5) is 27.9. The maximum absolute atomic E-state index is 12.8. The van der Waals surface area contributed by atoms with Crippen molar-refractivity contribution in [3.8, 4) is 0 Å². The predicted octanol–water partition coefficient (Wildman–Crippen LogP) is 3.26. The second-order valence-electron chi connectivity index (χ2n) is 6.62. The Kier molecular flexibility index (Phi) is 3.92. The summed E-state index contributed by atoms with van der Waals surface area (Å²) in [7, 11) is 4.00. The van der Waals surface area contributed by atoms with Gasteiger partial charge in [-0.15, -0.1) is 11.3 Å². The molecule has 1 aliphatic rings. The molecular formula is C19H20N4OS. The number of anilines is 1. The van der Waals surface area contributed by atoms with Gasteiger partial charge in [-0.2, -0.15) is 0 Å². The van der Waals surface area contributed by atoms with Crippen molar-refractivity contribution in [2.24, 2.45) is 0 Å². The lowest BCUT2D eigenvalue weighted by atomic mass is 10.0. The fourth-order valence-electron chi connectivity index (χ4n) is 3.30. The van der Waals surface area contributed by atoms with Crippen molar-refractivity contribution in [2.75, 3.05) is 25.5 Å². The van der Waals surface area contributed by atoms with Gasteiger partial charge in [-0.05, 0) is 31.0 Å². The molecule has 0 aliphatic carbocycles. The van der Waals surface area contributed by atoms with Gasteiger partial charge in [0.05, 0.1) is 11.9 Å². The average molecular weight is 352 g/mol. The van der Waals surface area contributed by atoms with E-state index in [2.05, 4.69) is 9.97 Å². The van der Waals surface area contributed by atoms with Gasteiger partial charge < -0.3 is 9.80 Å². The molecule has 0 spiro atoms. The molecule has 128 valence electrons. The zero-order chi connectivity index (χ0) is 17.6. The molecule has 5 nitrogen and oxygen atoms in total. The lowest BCUT2D eigenvalue weighted by Gasteiger charge is -2.27. The van der Waals surface area contributed by atoms with Gasteiger partial charge in [-0.1, -0.05) is 17.7 Å². The molecule has 1 aliphatic heterocycles. The minimum absolute atomic E-state index is 0.0991. The van der Waals surface area contributed by atoms with E-state index in [1.807, 2.05) is 55.1 Å². The smallest absolute Gasteiger partial charge is 0.254 e. The average Bonchev–Trinajstić information content (AvgIpc) is 2.99. The highest BCUT2D eigenvalue weighted by Gasteiger charge is 2.27. The third kappa shape index (κ3) is 2.76. The fourth-order valence-corrected chi connectivity index (χ4v) is 4.50. The number of aryl methyl sites for hydroxylation is 1. The van der Waals surface area contributed by atoms with E-state index in [-0.39, 0.29) is 5.91 Å². The minimum Gasteiger partial charge on any atom is -0.362 e. The van der Waals surface area contributed by atoms with Crippen LogP contribution in [0.3, 0.4) is 0 Å². The molecule has 4 rings (SSSR count). The van der Waals surface area contributed by atoms with E-state index in [1.54, 1.807) is 17.7 Å². The monoisotopic (exact) mass is 352 g/mol.